The highest BCUT2D eigenvalue weighted by atomic mass is 16.8. The van der Waals surface area contributed by atoms with Crippen molar-refractivity contribution in [2.75, 3.05) is 20.3 Å². The van der Waals surface area contributed by atoms with E-state index in [0.29, 0.717) is 38.2 Å². The van der Waals surface area contributed by atoms with E-state index >= 15 is 0 Å². The average Bonchev–Trinajstić information content (AvgIpc) is 3.42. The van der Waals surface area contributed by atoms with Gasteiger partial charge in [0.1, 0.15) is 11.9 Å². The number of hydrogen-bond donors (Lipinski definition) is 0. The van der Waals surface area contributed by atoms with Crippen LogP contribution in [0.4, 0.5) is 0 Å². The van der Waals surface area contributed by atoms with Crippen LogP contribution < -0.4 is 4.74 Å². The molecule has 3 fully saturated rings. The van der Waals surface area contributed by atoms with Crippen LogP contribution in [-0.2, 0) is 38.0 Å². The number of esters is 2. The molecule has 1 aromatic rings. The van der Waals surface area contributed by atoms with Gasteiger partial charge in [0.15, 0.2) is 12.6 Å². The zero-order valence-electron chi connectivity index (χ0n) is 27.2. The van der Waals surface area contributed by atoms with E-state index in [9.17, 15) is 9.59 Å². The maximum Gasteiger partial charge on any atom is 0.356 e. The molecule has 2 aliphatic heterocycles. The number of hydrogen-bond acceptors (Lipinski definition) is 9. The minimum atomic E-state index is -1.84. The van der Waals surface area contributed by atoms with Gasteiger partial charge in [-0.05, 0) is 95.3 Å². The SMILES string of the molecule is CCC=C[C@H]1CC[C@H](OC(C)=O)[C@@H]1CC=C=CC([16O]C1CCCCO1)([16O]C1CCCCO1)C(C)(Oc1ccccc1)C(=O)OC. The van der Waals surface area contributed by atoms with Crippen molar-refractivity contribution in [3.63, 3.8) is 0 Å². The second-order valence-electron chi connectivity index (χ2n) is 12.1. The largest absolute Gasteiger partial charge is 0.470 e. The first-order valence-electron chi connectivity index (χ1n) is 16.5. The predicted molar refractivity (Wildman–Crippen MR) is 168 cm³/mol. The summed E-state index contributed by atoms with van der Waals surface area (Å²) in [5.74, 6) is -2.01. The van der Waals surface area contributed by atoms with Gasteiger partial charge in [-0.1, -0.05) is 37.3 Å². The molecule has 1 aromatic carbocycles. The maximum absolute atomic E-state index is 13.8. The molecule has 45 heavy (non-hydrogen) atoms. The lowest BCUT2D eigenvalue weighted by Crippen LogP contribution is -2.65. The third-order valence-electron chi connectivity index (χ3n) is 8.72. The molecule has 0 radical (unpaired) electrons. The zero-order chi connectivity index (χ0) is 32.1. The molecule has 3 aliphatic rings. The molecule has 3 unspecified atom stereocenters. The molecule has 6 atom stereocenters. The van der Waals surface area contributed by atoms with Crippen molar-refractivity contribution in [2.24, 2.45) is 11.8 Å². The molecule has 9 heteroatoms. The third kappa shape index (κ3) is 9.30. The Morgan fingerprint density at radius 2 is 1.64 bits per heavy atom. The first kappa shape index (κ1) is 34.9. The smallest absolute Gasteiger partial charge is 0.356 e. The third-order valence-corrected chi connectivity index (χ3v) is 8.72. The fourth-order valence-corrected chi connectivity index (χ4v) is 6.30. The Morgan fingerprint density at radius 1 is 0.978 bits per heavy atom. The Balaban J connectivity index is 1.76. The highest BCUT2D eigenvalue weighted by Gasteiger charge is 2.61. The van der Waals surface area contributed by atoms with Gasteiger partial charge in [-0.25, -0.2) is 4.79 Å². The molecule has 9 nitrogen and oxygen atoms in total. The van der Waals surface area contributed by atoms with Gasteiger partial charge in [0.05, 0.1) is 7.11 Å². The standard InChI is InChI=1S/C36H50O9/c1-5-6-16-28-22-23-31(42-27(2)37)30(28)19-10-13-24-36(44-32-20-11-14-25-40-32,45-33-21-12-15-26-41-33)35(3,34(38)39-4)43-29-17-8-7-9-18-29/h6-10,16-18,24,28,30-33H,5,11-12,14-15,19-23,25-26H2,1-4H3/t13?,28-,30+,31-,32?,33?,35?,36?/m0/s1/i44+0,45+0. The lowest BCUT2D eigenvalue weighted by atomic mass is 9.90. The normalized spacial score (nSPS) is 27.9. The molecular weight excluding hydrogens is 576 g/mol. The number of benzene rings is 1. The molecule has 0 aromatic heterocycles. The van der Waals surface area contributed by atoms with Crippen LogP contribution >= 0.6 is 0 Å². The van der Waals surface area contributed by atoms with Crippen LogP contribution in [0.5, 0.6) is 5.75 Å². The maximum atomic E-state index is 13.8. The minimum absolute atomic E-state index is 0.0877. The fraction of sp³-hybridized carbons (Fsp3) is 0.639. The summed E-state index contributed by atoms with van der Waals surface area (Å²) in [6, 6.07) is 9.04. The van der Waals surface area contributed by atoms with Crippen molar-refractivity contribution in [3.8, 4) is 5.75 Å². The van der Waals surface area contributed by atoms with Crippen molar-refractivity contribution in [2.45, 2.75) is 115 Å². The van der Waals surface area contributed by atoms with E-state index in [2.05, 4.69) is 24.8 Å². The number of carbonyl (C=O) groups is 2. The molecule has 1 aliphatic carbocycles. The van der Waals surface area contributed by atoms with Crippen molar-refractivity contribution in [3.05, 3.63) is 60.4 Å². The van der Waals surface area contributed by atoms with Crippen LogP contribution in [0.3, 0.4) is 0 Å². The number of carbonyl (C=O) groups excluding carboxylic acids is 2. The first-order chi connectivity index (χ1) is 21.8. The Labute approximate surface area is 267 Å². The Kier molecular flexibility index (Phi) is 13.3. The second-order valence-corrected chi connectivity index (χ2v) is 12.1. The highest BCUT2D eigenvalue weighted by molar-refractivity contribution is 5.81. The summed E-state index contributed by atoms with van der Waals surface area (Å²) in [7, 11) is 1.31. The quantitative estimate of drug-likeness (QED) is 0.0955. The minimum Gasteiger partial charge on any atom is -0.470 e. The number of para-hydroxylation sites is 1. The van der Waals surface area contributed by atoms with E-state index in [-0.39, 0.29) is 23.9 Å². The molecule has 0 N–H and O–H groups in total. The van der Waals surface area contributed by atoms with E-state index in [0.717, 1.165) is 44.9 Å². The van der Waals surface area contributed by atoms with E-state index in [1.807, 2.05) is 24.3 Å². The summed E-state index contributed by atoms with van der Waals surface area (Å²) in [6.45, 7) is 6.22. The molecule has 2 heterocycles. The lowest BCUT2D eigenvalue weighted by Gasteiger charge is -2.46. The van der Waals surface area contributed by atoms with Gasteiger partial charge < -0.3 is 33.2 Å². The van der Waals surface area contributed by atoms with Crippen molar-refractivity contribution < 1.29 is 42.7 Å². The molecule has 2 saturated heterocycles. The monoisotopic (exact) mass is 626 g/mol. The van der Waals surface area contributed by atoms with E-state index in [1.54, 1.807) is 25.1 Å². The molecule has 0 bridgehead atoms. The summed E-state index contributed by atoms with van der Waals surface area (Å²) >= 11 is 0. The van der Waals surface area contributed by atoms with Crippen LogP contribution in [0, 0.1) is 11.8 Å². The Morgan fingerprint density at radius 3 is 2.20 bits per heavy atom. The average molecular weight is 627 g/mol. The molecule has 0 spiro atoms. The van der Waals surface area contributed by atoms with E-state index < -0.39 is 29.9 Å². The van der Waals surface area contributed by atoms with Gasteiger partial charge in [0.25, 0.3) is 11.4 Å². The summed E-state index contributed by atoms with van der Waals surface area (Å²) in [6.07, 6.45) is 14.6. The summed E-state index contributed by atoms with van der Waals surface area (Å²) < 4.78 is 42.9. The number of ether oxygens (including phenoxy) is 7. The van der Waals surface area contributed by atoms with Crippen LogP contribution in [0.1, 0.15) is 85.0 Å². The fourth-order valence-electron chi connectivity index (χ4n) is 6.30. The number of methoxy groups -OCH3 is 1. The van der Waals surface area contributed by atoms with Crippen LogP contribution in [0.2, 0.25) is 0 Å². The number of allylic oxidation sites excluding steroid dienone is 2. The van der Waals surface area contributed by atoms with Crippen LogP contribution in [0.25, 0.3) is 0 Å². The topological polar surface area (TPSA) is 98.8 Å². The molecule has 1 saturated carbocycles. The van der Waals surface area contributed by atoms with E-state index in [1.165, 1.54) is 14.0 Å². The molecular formula is C36H50O9. The van der Waals surface area contributed by atoms with Crippen molar-refractivity contribution >= 4 is 11.9 Å². The molecule has 0 amide bonds. The number of rotatable bonds is 14. The first-order valence-corrected chi connectivity index (χ1v) is 16.5. The van der Waals surface area contributed by atoms with Crippen LogP contribution in [-0.4, -0.2) is 62.3 Å². The van der Waals surface area contributed by atoms with Gasteiger partial charge in [-0.15, -0.1) is 5.73 Å². The Hall–Kier alpha value is -2.94. The van der Waals surface area contributed by atoms with Crippen molar-refractivity contribution in [1.82, 2.24) is 0 Å². The van der Waals surface area contributed by atoms with Gasteiger partial charge in [-0.2, -0.15) is 0 Å². The van der Waals surface area contributed by atoms with E-state index in [4.69, 9.17) is 33.2 Å². The van der Waals surface area contributed by atoms with Gasteiger partial charge in [0, 0.05) is 32.1 Å². The Bertz CT molecular complexity index is 1140. The predicted octanol–water partition coefficient (Wildman–Crippen LogP) is 6.81. The van der Waals surface area contributed by atoms with Gasteiger partial charge in [-0.3, -0.25) is 4.79 Å². The summed E-state index contributed by atoms with van der Waals surface area (Å²) in [4.78, 5) is 25.7. The summed E-state index contributed by atoms with van der Waals surface area (Å²) in [5.41, 5.74) is 1.46. The zero-order valence-corrected chi connectivity index (χ0v) is 27.2. The highest BCUT2D eigenvalue weighted by Crippen LogP contribution is 2.41. The van der Waals surface area contributed by atoms with Crippen LogP contribution in [0.15, 0.2) is 60.4 Å². The van der Waals surface area contributed by atoms with Gasteiger partial charge in [0.2, 0.25) is 0 Å². The van der Waals surface area contributed by atoms with Gasteiger partial charge >= 0.3 is 11.9 Å². The van der Waals surface area contributed by atoms with Crippen molar-refractivity contribution in [1.29, 1.82) is 0 Å². The molecule has 248 valence electrons. The molecule has 4 rings (SSSR count). The summed E-state index contributed by atoms with van der Waals surface area (Å²) in [5, 5.41) is 0. The second kappa shape index (κ2) is 17.1. The lowest BCUT2D eigenvalue weighted by molar-refractivity contribution is -0.375.